The highest BCUT2D eigenvalue weighted by Gasteiger charge is 2.35. The molecule has 5 heteroatoms. The van der Waals surface area contributed by atoms with Crippen LogP contribution in [0.1, 0.15) is 24.2 Å². The molecule has 1 amide bonds. The van der Waals surface area contributed by atoms with E-state index in [4.69, 9.17) is 4.74 Å². The van der Waals surface area contributed by atoms with Gasteiger partial charge in [0.1, 0.15) is 0 Å². The van der Waals surface area contributed by atoms with Gasteiger partial charge in [0.05, 0.1) is 18.3 Å². The van der Waals surface area contributed by atoms with E-state index >= 15 is 0 Å². The molecule has 1 fully saturated rings. The smallest absolute Gasteiger partial charge is 0.254 e. The van der Waals surface area contributed by atoms with Gasteiger partial charge in [0.25, 0.3) is 5.91 Å². The summed E-state index contributed by atoms with van der Waals surface area (Å²) < 4.78 is 5.73. The molecule has 4 nitrogen and oxygen atoms in total. The van der Waals surface area contributed by atoms with Crippen molar-refractivity contribution in [3.05, 3.63) is 29.8 Å². The van der Waals surface area contributed by atoms with Gasteiger partial charge < -0.3 is 14.7 Å². The van der Waals surface area contributed by atoms with Crippen LogP contribution in [-0.2, 0) is 4.74 Å². The quantitative estimate of drug-likeness (QED) is 0.867. The van der Waals surface area contributed by atoms with Crippen LogP contribution in [0.5, 0.6) is 0 Å². The number of ether oxygens (including phenoxy) is 1. The lowest BCUT2D eigenvalue weighted by Crippen LogP contribution is -2.55. The van der Waals surface area contributed by atoms with E-state index in [0.29, 0.717) is 18.7 Å². The molecule has 0 saturated carbocycles. The second-order valence-electron chi connectivity index (χ2n) is 5.60. The van der Waals surface area contributed by atoms with Gasteiger partial charge in [-0.05, 0) is 44.4 Å². The van der Waals surface area contributed by atoms with E-state index in [2.05, 4.69) is 0 Å². The van der Waals surface area contributed by atoms with E-state index in [1.807, 2.05) is 44.4 Å². The van der Waals surface area contributed by atoms with Gasteiger partial charge in [0.2, 0.25) is 0 Å². The second kappa shape index (κ2) is 6.16. The summed E-state index contributed by atoms with van der Waals surface area (Å²) in [6, 6.07) is 7.61. The van der Waals surface area contributed by atoms with Gasteiger partial charge >= 0.3 is 0 Å². The summed E-state index contributed by atoms with van der Waals surface area (Å²) in [5.74, 6) is -0.00696. The fourth-order valence-electron chi connectivity index (χ4n) is 2.46. The Morgan fingerprint density at radius 1 is 1.45 bits per heavy atom. The Hall–Kier alpha value is -1.04. The van der Waals surface area contributed by atoms with Gasteiger partial charge in [-0.2, -0.15) is 0 Å². The van der Waals surface area contributed by atoms with Crippen molar-refractivity contribution in [3.8, 4) is 0 Å². The highest BCUT2D eigenvalue weighted by Crippen LogP contribution is 2.23. The molecule has 1 N–H and O–H groups in total. The van der Waals surface area contributed by atoms with Crippen molar-refractivity contribution in [2.75, 3.05) is 26.0 Å². The minimum atomic E-state index is -0.430. The first-order valence-electron chi connectivity index (χ1n) is 6.67. The summed E-state index contributed by atoms with van der Waals surface area (Å²) in [7, 11) is 0. The molecule has 1 saturated heterocycles. The second-order valence-corrected chi connectivity index (χ2v) is 6.48. The number of morpholine rings is 1. The van der Waals surface area contributed by atoms with E-state index in [0.717, 1.165) is 4.90 Å². The lowest BCUT2D eigenvalue weighted by Gasteiger charge is -2.42. The average molecular weight is 295 g/mol. The molecule has 0 aromatic heterocycles. The minimum Gasteiger partial charge on any atom is -0.394 e. The lowest BCUT2D eigenvalue weighted by molar-refractivity contribution is -0.139. The molecule has 0 aliphatic carbocycles. The first kappa shape index (κ1) is 15.4. The van der Waals surface area contributed by atoms with Crippen molar-refractivity contribution in [1.29, 1.82) is 0 Å². The van der Waals surface area contributed by atoms with Crippen LogP contribution in [0.15, 0.2) is 29.2 Å². The van der Waals surface area contributed by atoms with Crippen LogP contribution in [-0.4, -0.2) is 53.6 Å². The molecule has 1 aromatic rings. The zero-order chi connectivity index (χ0) is 14.8. The van der Waals surface area contributed by atoms with Gasteiger partial charge in [-0.25, -0.2) is 0 Å². The molecule has 1 aliphatic heterocycles. The number of carbonyl (C=O) groups is 1. The molecule has 1 atom stereocenters. The molecule has 0 spiro atoms. The molecule has 20 heavy (non-hydrogen) atoms. The maximum absolute atomic E-state index is 12.5. The normalized spacial score (nSPS) is 21.8. The summed E-state index contributed by atoms with van der Waals surface area (Å²) in [6.07, 6.45) is 1.70. The summed E-state index contributed by atoms with van der Waals surface area (Å²) in [5.41, 5.74) is 0.248. The predicted molar refractivity (Wildman–Crippen MR) is 80.2 cm³/mol. The number of carbonyl (C=O) groups excluding carboxylic acids is 1. The fourth-order valence-corrected chi connectivity index (χ4v) is 2.87. The van der Waals surface area contributed by atoms with Crippen LogP contribution in [0, 0.1) is 0 Å². The standard InChI is InChI=1S/C15H21NO3S/c1-15(2)10-16(8-12(9-17)19-15)14(18)11-4-6-13(20-3)7-5-11/h4-7,12,17H,8-10H2,1-3H3. The molecule has 2 rings (SSSR count). The van der Waals surface area contributed by atoms with Crippen LogP contribution in [0.2, 0.25) is 0 Å². The molecular formula is C15H21NO3S. The van der Waals surface area contributed by atoms with Crippen molar-refractivity contribution in [1.82, 2.24) is 4.90 Å². The van der Waals surface area contributed by atoms with E-state index in [1.165, 1.54) is 0 Å². The highest BCUT2D eigenvalue weighted by molar-refractivity contribution is 7.98. The Kier molecular flexibility index (Phi) is 4.73. The SMILES string of the molecule is CSc1ccc(C(=O)N2CC(CO)OC(C)(C)C2)cc1. The largest absolute Gasteiger partial charge is 0.394 e. The van der Waals surface area contributed by atoms with Crippen LogP contribution < -0.4 is 0 Å². The van der Waals surface area contributed by atoms with Crippen molar-refractivity contribution < 1.29 is 14.6 Å². The van der Waals surface area contributed by atoms with Crippen LogP contribution in [0.25, 0.3) is 0 Å². The number of rotatable bonds is 3. The third-order valence-electron chi connectivity index (χ3n) is 3.31. The number of aliphatic hydroxyl groups is 1. The summed E-state index contributed by atoms with van der Waals surface area (Å²) >= 11 is 1.65. The molecular weight excluding hydrogens is 274 g/mol. The monoisotopic (exact) mass is 295 g/mol. The lowest BCUT2D eigenvalue weighted by atomic mass is 10.0. The third-order valence-corrected chi connectivity index (χ3v) is 4.05. The Bertz CT molecular complexity index is 473. The first-order valence-corrected chi connectivity index (χ1v) is 7.89. The fraction of sp³-hybridized carbons (Fsp3) is 0.533. The minimum absolute atomic E-state index is 0.00696. The zero-order valence-corrected chi connectivity index (χ0v) is 12.9. The van der Waals surface area contributed by atoms with E-state index in [1.54, 1.807) is 16.7 Å². The van der Waals surface area contributed by atoms with Crippen molar-refractivity contribution in [3.63, 3.8) is 0 Å². The number of benzene rings is 1. The first-order chi connectivity index (χ1) is 9.45. The van der Waals surface area contributed by atoms with Crippen LogP contribution in [0.3, 0.4) is 0 Å². The molecule has 1 aliphatic rings. The molecule has 0 radical (unpaired) electrons. The summed E-state index contributed by atoms with van der Waals surface area (Å²) in [4.78, 5) is 15.4. The molecule has 1 heterocycles. The number of nitrogens with zero attached hydrogens (tertiary/aromatic N) is 1. The van der Waals surface area contributed by atoms with Gasteiger partial charge in [0, 0.05) is 23.5 Å². The van der Waals surface area contributed by atoms with Crippen molar-refractivity contribution >= 4 is 17.7 Å². The average Bonchev–Trinajstić information content (AvgIpc) is 2.44. The van der Waals surface area contributed by atoms with Gasteiger partial charge in [-0.3, -0.25) is 4.79 Å². The maximum Gasteiger partial charge on any atom is 0.254 e. The van der Waals surface area contributed by atoms with Crippen LogP contribution in [0.4, 0.5) is 0 Å². The number of amides is 1. The molecule has 0 bridgehead atoms. The number of thioether (sulfide) groups is 1. The third kappa shape index (κ3) is 3.53. The number of aliphatic hydroxyl groups excluding tert-OH is 1. The van der Waals surface area contributed by atoms with Gasteiger partial charge in [-0.15, -0.1) is 11.8 Å². The van der Waals surface area contributed by atoms with E-state index in [9.17, 15) is 9.90 Å². The van der Waals surface area contributed by atoms with E-state index < -0.39 is 5.60 Å². The molecule has 1 aromatic carbocycles. The topological polar surface area (TPSA) is 49.8 Å². The number of hydrogen-bond acceptors (Lipinski definition) is 4. The van der Waals surface area contributed by atoms with Crippen molar-refractivity contribution in [2.45, 2.75) is 30.4 Å². The molecule has 1 unspecified atom stereocenters. The summed E-state index contributed by atoms with van der Waals surface area (Å²) in [6.45, 7) is 4.77. The Balaban J connectivity index is 2.14. The number of hydrogen-bond donors (Lipinski definition) is 1. The zero-order valence-electron chi connectivity index (χ0n) is 12.1. The Morgan fingerprint density at radius 2 is 2.10 bits per heavy atom. The Labute approximate surface area is 124 Å². The maximum atomic E-state index is 12.5. The van der Waals surface area contributed by atoms with Gasteiger partial charge in [0.15, 0.2) is 0 Å². The van der Waals surface area contributed by atoms with Crippen LogP contribution >= 0.6 is 11.8 Å². The van der Waals surface area contributed by atoms with Crippen molar-refractivity contribution in [2.24, 2.45) is 0 Å². The van der Waals surface area contributed by atoms with E-state index in [-0.39, 0.29) is 18.6 Å². The summed E-state index contributed by atoms with van der Waals surface area (Å²) in [5, 5.41) is 9.30. The molecule has 110 valence electrons. The Morgan fingerprint density at radius 3 is 2.65 bits per heavy atom. The van der Waals surface area contributed by atoms with Gasteiger partial charge in [-0.1, -0.05) is 0 Å². The highest BCUT2D eigenvalue weighted by atomic mass is 32.2. The predicted octanol–water partition coefficient (Wildman–Crippen LogP) is 2.02.